The molecule has 302 valence electrons. The number of benzene rings is 10. The number of para-hydroxylation sites is 1. The summed E-state index contributed by atoms with van der Waals surface area (Å²) in [6, 6.07) is 83.0. The third-order valence-corrected chi connectivity index (χ3v) is 13.1. The van der Waals surface area contributed by atoms with Crippen LogP contribution in [0.5, 0.6) is 0 Å². The fourth-order valence-electron chi connectivity index (χ4n) is 10.3. The summed E-state index contributed by atoms with van der Waals surface area (Å²) in [5, 5.41) is 4.89. The second-order valence-corrected chi connectivity index (χ2v) is 16.7. The number of nitrogens with two attached hydrogens (primary N) is 1. The Morgan fingerprint density at radius 2 is 0.969 bits per heavy atom. The highest BCUT2D eigenvalue weighted by Gasteiger charge is 2.52. The minimum absolute atomic E-state index is 0.437. The SMILES string of the molecule is NC(=NC(=NCc1ccc(-c2ccc3c(c2)C2(c4ccccc4-3)c3ccc4ccccc4c3N(c3ccccc3)c3c2ccc2ccccc32)cc1)c1ccccc1)c1ccccc1. The van der Waals surface area contributed by atoms with Crippen LogP contribution in [0.3, 0.4) is 0 Å². The van der Waals surface area contributed by atoms with E-state index in [1.807, 2.05) is 60.7 Å². The van der Waals surface area contributed by atoms with Crippen LogP contribution in [0, 0.1) is 0 Å². The second-order valence-electron chi connectivity index (χ2n) is 16.7. The van der Waals surface area contributed by atoms with E-state index in [2.05, 4.69) is 175 Å². The summed E-state index contributed by atoms with van der Waals surface area (Å²) >= 11 is 0. The monoisotopic (exact) mass is 818 g/mol. The van der Waals surface area contributed by atoms with Gasteiger partial charge < -0.3 is 10.6 Å². The molecule has 12 rings (SSSR count). The van der Waals surface area contributed by atoms with Gasteiger partial charge in [-0.15, -0.1) is 0 Å². The summed E-state index contributed by atoms with van der Waals surface area (Å²) in [6.07, 6.45) is 0. The predicted octanol–water partition coefficient (Wildman–Crippen LogP) is 14.2. The zero-order chi connectivity index (χ0) is 42.6. The lowest BCUT2D eigenvalue weighted by atomic mass is 9.63. The first-order valence-corrected chi connectivity index (χ1v) is 21.9. The van der Waals surface area contributed by atoms with Crippen LogP contribution in [-0.4, -0.2) is 11.7 Å². The Labute approximate surface area is 373 Å². The maximum absolute atomic E-state index is 6.51. The third kappa shape index (κ3) is 5.91. The van der Waals surface area contributed by atoms with Crippen LogP contribution in [0.2, 0.25) is 0 Å². The van der Waals surface area contributed by atoms with Crippen molar-refractivity contribution >= 4 is 50.3 Å². The number of anilines is 3. The Bertz CT molecular complexity index is 3380. The van der Waals surface area contributed by atoms with Crippen molar-refractivity contribution in [1.29, 1.82) is 0 Å². The van der Waals surface area contributed by atoms with Crippen LogP contribution in [0.15, 0.2) is 241 Å². The van der Waals surface area contributed by atoms with Crippen LogP contribution in [0.25, 0.3) is 43.8 Å². The van der Waals surface area contributed by atoms with Gasteiger partial charge in [-0.1, -0.05) is 212 Å². The van der Waals surface area contributed by atoms with E-state index >= 15 is 0 Å². The molecule has 1 heterocycles. The molecule has 64 heavy (non-hydrogen) atoms. The van der Waals surface area contributed by atoms with Gasteiger partial charge in [-0.3, -0.25) is 4.99 Å². The van der Waals surface area contributed by atoms with Crippen molar-refractivity contribution in [3.05, 3.63) is 269 Å². The van der Waals surface area contributed by atoms with E-state index in [0.29, 0.717) is 18.2 Å². The van der Waals surface area contributed by atoms with Gasteiger partial charge in [-0.05, 0) is 79.0 Å². The molecule has 0 saturated heterocycles. The van der Waals surface area contributed by atoms with E-state index < -0.39 is 5.41 Å². The fourth-order valence-corrected chi connectivity index (χ4v) is 10.3. The Hall–Kier alpha value is -8.34. The van der Waals surface area contributed by atoms with Gasteiger partial charge in [0.1, 0.15) is 5.84 Å². The molecule has 2 N–H and O–H groups in total. The molecule has 4 heteroatoms. The van der Waals surface area contributed by atoms with Crippen LogP contribution in [0.4, 0.5) is 17.1 Å². The quantitative estimate of drug-likeness (QED) is 0.134. The normalized spacial score (nSPS) is 13.7. The van der Waals surface area contributed by atoms with E-state index in [9.17, 15) is 0 Å². The summed E-state index contributed by atoms with van der Waals surface area (Å²) in [7, 11) is 0. The first kappa shape index (κ1) is 37.4. The Balaban J connectivity index is 1.03. The van der Waals surface area contributed by atoms with Gasteiger partial charge in [0.2, 0.25) is 0 Å². The number of aliphatic imine (C=N–C) groups is 2. The average molecular weight is 819 g/mol. The second kappa shape index (κ2) is 15.2. The smallest absolute Gasteiger partial charge is 0.157 e. The molecule has 0 aromatic heterocycles. The Morgan fingerprint density at radius 3 is 1.62 bits per heavy atom. The van der Waals surface area contributed by atoms with Gasteiger partial charge in [0.05, 0.1) is 23.3 Å². The molecule has 2 aliphatic rings. The third-order valence-electron chi connectivity index (χ3n) is 13.1. The van der Waals surface area contributed by atoms with Gasteiger partial charge in [0.25, 0.3) is 0 Å². The molecular weight excluding hydrogens is 777 g/mol. The van der Waals surface area contributed by atoms with Crippen molar-refractivity contribution in [2.75, 3.05) is 4.90 Å². The molecule has 0 bridgehead atoms. The molecule has 1 aliphatic heterocycles. The molecule has 1 aliphatic carbocycles. The van der Waals surface area contributed by atoms with Crippen molar-refractivity contribution in [3.8, 4) is 22.3 Å². The van der Waals surface area contributed by atoms with Crippen molar-refractivity contribution < 1.29 is 0 Å². The number of fused-ring (bicyclic) bond motifs is 13. The molecule has 10 aromatic rings. The van der Waals surface area contributed by atoms with E-state index in [1.54, 1.807) is 0 Å². The lowest BCUT2D eigenvalue weighted by molar-refractivity contribution is 0.757. The first-order valence-electron chi connectivity index (χ1n) is 21.9. The maximum Gasteiger partial charge on any atom is 0.157 e. The highest BCUT2D eigenvalue weighted by atomic mass is 15.2. The standard InChI is InChI=1S/C60H42N4/c61-58(44-18-4-1-5-19-44)63-59(45-20-6-2-7-21-45)62-39-40-28-30-41(31-29-40)46-32-35-51-50-26-14-15-27-52(50)60(55(51)38-46)53-36-33-42-16-10-12-24-48(42)56(53)64(47-22-8-3-9-23-47)57-49-25-13-11-17-43(49)34-37-54(57)60/h1-38H,39H2,(H2,61,62,63). The lowest BCUT2D eigenvalue weighted by Gasteiger charge is -2.46. The lowest BCUT2D eigenvalue weighted by Crippen LogP contribution is -2.36. The van der Waals surface area contributed by atoms with Gasteiger partial charge in [0, 0.05) is 27.6 Å². The minimum Gasteiger partial charge on any atom is -0.383 e. The zero-order valence-electron chi connectivity index (χ0n) is 35.1. The first-order chi connectivity index (χ1) is 31.7. The highest BCUT2D eigenvalue weighted by Crippen LogP contribution is 2.65. The number of hydrogen-bond acceptors (Lipinski definition) is 2. The minimum atomic E-state index is -0.601. The molecule has 10 aromatic carbocycles. The van der Waals surface area contributed by atoms with Crippen molar-refractivity contribution in [2.45, 2.75) is 12.0 Å². The molecule has 4 nitrogen and oxygen atoms in total. The molecule has 0 saturated carbocycles. The van der Waals surface area contributed by atoms with Crippen LogP contribution < -0.4 is 10.6 Å². The highest BCUT2D eigenvalue weighted by molar-refractivity contribution is 6.13. The van der Waals surface area contributed by atoms with E-state index in [-0.39, 0.29) is 0 Å². The number of nitrogens with zero attached hydrogens (tertiary/aromatic N) is 3. The van der Waals surface area contributed by atoms with Crippen molar-refractivity contribution in [1.82, 2.24) is 0 Å². The van der Waals surface area contributed by atoms with E-state index in [0.717, 1.165) is 27.9 Å². The predicted molar refractivity (Wildman–Crippen MR) is 266 cm³/mol. The zero-order valence-corrected chi connectivity index (χ0v) is 35.1. The molecule has 0 unspecified atom stereocenters. The molecule has 0 atom stereocenters. The van der Waals surface area contributed by atoms with E-state index in [1.165, 1.54) is 71.9 Å². The fraction of sp³-hybridized carbons (Fsp3) is 0.0333. The van der Waals surface area contributed by atoms with Crippen LogP contribution in [0.1, 0.15) is 38.9 Å². The summed E-state index contributed by atoms with van der Waals surface area (Å²) in [5.41, 5.74) is 22.4. The van der Waals surface area contributed by atoms with Crippen molar-refractivity contribution in [3.63, 3.8) is 0 Å². The largest absolute Gasteiger partial charge is 0.383 e. The summed E-state index contributed by atoms with van der Waals surface area (Å²) in [6.45, 7) is 0.464. The molecule has 0 fully saturated rings. The average Bonchev–Trinajstić information content (AvgIpc) is 3.65. The van der Waals surface area contributed by atoms with Crippen LogP contribution >= 0.6 is 0 Å². The van der Waals surface area contributed by atoms with Gasteiger partial charge in [-0.2, -0.15) is 0 Å². The topological polar surface area (TPSA) is 54.0 Å². The Kier molecular flexibility index (Phi) is 8.91. The molecule has 0 radical (unpaired) electrons. The summed E-state index contributed by atoms with van der Waals surface area (Å²) in [5.74, 6) is 1.04. The number of rotatable bonds is 6. The summed E-state index contributed by atoms with van der Waals surface area (Å²) < 4.78 is 0. The van der Waals surface area contributed by atoms with Gasteiger partial charge in [-0.25, -0.2) is 4.99 Å². The maximum atomic E-state index is 6.51. The number of hydrogen-bond donors (Lipinski definition) is 1. The van der Waals surface area contributed by atoms with Crippen LogP contribution in [-0.2, 0) is 12.0 Å². The van der Waals surface area contributed by atoms with Gasteiger partial charge >= 0.3 is 0 Å². The molecular formula is C60H42N4. The van der Waals surface area contributed by atoms with E-state index in [4.69, 9.17) is 15.7 Å². The van der Waals surface area contributed by atoms with Crippen molar-refractivity contribution in [2.24, 2.45) is 15.7 Å². The molecule has 1 spiro atoms. The van der Waals surface area contributed by atoms with Gasteiger partial charge in [0.15, 0.2) is 5.84 Å². The number of amidine groups is 2. The summed E-state index contributed by atoms with van der Waals surface area (Å²) in [4.78, 5) is 12.4. The molecule has 0 amide bonds. The Morgan fingerprint density at radius 1 is 0.438 bits per heavy atom.